The highest BCUT2D eigenvalue weighted by molar-refractivity contribution is 9.10. The van der Waals surface area contributed by atoms with Gasteiger partial charge in [0.1, 0.15) is 11.6 Å². The van der Waals surface area contributed by atoms with Gasteiger partial charge in [0, 0.05) is 34.7 Å². The lowest BCUT2D eigenvalue weighted by atomic mass is 9.59. The van der Waals surface area contributed by atoms with Gasteiger partial charge < -0.3 is 9.80 Å². The zero-order valence-corrected chi connectivity index (χ0v) is 25.4. The molecule has 4 atom stereocenters. The summed E-state index contributed by atoms with van der Waals surface area (Å²) in [5.74, 6) is -4.23. The number of ketones is 1. The summed E-state index contributed by atoms with van der Waals surface area (Å²) in [5.41, 5.74) is -2.01. The first-order valence-corrected chi connectivity index (χ1v) is 15.3. The molecule has 4 aromatic carbocycles. The van der Waals surface area contributed by atoms with Crippen LogP contribution < -0.4 is 10.2 Å². The van der Waals surface area contributed by atoms with Gasteiger partial charge in [-0.05, 0) is 28.8 Å². The molecule has 1 N–H and O–H groups in total. The van der Waals surface area contributed by atoms with Crippen LogP contribution in [0, 0.1) is 5.41 Å². The van der Waals surface area contributed by atoms with Gasteiger partial charge in [-0.15, -0.1) is 0 Å². The molecule has 3 aliphatic rings. The number of para-hydroxylation sites is 1. The number of rotatable bonds is 5. The number of alkyl halides is 3. The first-order valence-electron chi connectivity index (χ1n) is 14.5. The normalized spacial score (nSPS) is 26.0. The Bertz CT molecular complexity index is 1820. The largest absolute Gasteiger partial charge is 0.404 e. The summed E-state index contributed by atoms with van der Waals surface area (Å²) in [5, 5.41) is 2.74. The predicted octanol–water partition coefficient (Wildman–Crippen LogP) is 6.11. The zero-order valence-electron chi connectivity index (χ0n) is 23.8. The number of nitrogens with zero attached hydrogens (tertiary/aromatic N) is 2. The van der Waals surface area contributed by atoms with Gasteiger partial charge in [0.25, 0.3) is 11.8 Å². The van der Waals surface area contributed by atoms with Gasteiger partial charge >= 0.3 is 6.18 Å². The van der Waals surface area contributed by atoms with E-state index in [0.717, 1.165) is 5.56 Å². The Hall–Kier alpha value is -4.28. The lowest BCUT2D eigenvalue weighted by Gasteiger charge is -2.41. The van der Waals surface area contributed by atoms with E-state index in [2.05, 4.69) is 21.2 Å². The number of benzene rings is 4. The fourth-order valence-electron chi connectivity index (χ4n) is 7.59. The van der Waals surface area contributed by atoms with Crippen molar-refractivity contribution in [3.8, 4) is 0 Å². The molecule has 10 heteroatoms. The van der Waals surface area contributed by atoms with Crippen molar-refractivity contribution >= 4 is 39.2 Å². The summed E-state index contributed by atoms with van der Waals surface area (Å²) in [6.45, 7) is -0.307. The number of fused-ring (bicyclic) bond motifs is 3. The van der Waals surface area contributed by atoms with Gasteiger partial charge in [-0.3, -0.25) is 19.7 Å². The van der Waals surface area contributed by atoms with Gasteiger partial charge in [-0.25, -0.2) is 0 Å². The number of amides is 2. The molecule has 0 radical (unpaired) electrons. The van der Waals surface area contributed by atoms with E-state index in [0.29, 0.717) is 15.7 Å². The van der Waals surface area contributed by atoms with Crippen LogP contribution in [0.15, 0.2) is 114 Å². The molecule has 2 saturated heterocycles. The van der Waals surface area contributed by atoms with Crippen LogP contribution in [0.5, 0.6) is 0 Å². The standard InChI is InChI=1S/C35H27BrF3N3O3/c36-26-17-9-7-15-24(26)28-29(35(37,38)39)40-34(33(28)21-41(31(44)30(33)43)19-22-11-3-1-4-12-22)25-16-8-10-18-27(25)42(32(34)45)20-23-13-5-2-6-14-23/h1-18,28-29,40H,19-21H2/t28-,29+,33-,34-/m1/s1. The molecule has 2 spiro atoms. The SMILES string of the molecule is O=C1C(=O)[C@@]2(CN1Cc1ccccc1)[C@H](c1ccccc1Br)[C@@H](C(F)(F)F)N[C@]21C(=O)N(Cc2ccccc2)c2ccccc21. The second-order valence-corrected chi connectivity index (χ2v) is 12.6. The second kappa shape index (κ2) is 10.7. The third-order valence-corrected chi connectivity index (χ3v) is 10.1. The Labute approximate surface area is 266 Å². The van der Waals surface area contributed by atoms with E-state index in [9.17, 15) is 9.59 Å². The van der Waals surface area contributed by atoms with Gasteiger partial charge in [-0.1, -0.05) is 113 Å². The van der Waals surface area contributed by atoms with Gasteiger partial charge in [-0.2, -0.15) is 13.2 Å². The van der Waals surface area contributed by atoms with E-state index >= 15 is 18.0 Å². The first kappa shape index (κ1) is 29.4. The molecule has 3 aliphatic heterocycles. The Morgan fingerprint density at radius 3 is 2.00 bits per heavy atom. The maximum atomic E-state index is 15.3. The third-order valence-electron chi connectivity index (χ3n) is 9.39. The minimum Gasteiger partial charge on any atom is -0.331 e. The quantitative estimate of drug-likeness (QED) is 0.260. The lowest BCUT2D eigenvalue weighted by molar-refractivity contribution is -0.159. The van der Waals surface area contributed by atoms with Gasteiger partial charge in [0.2, 0.25) is 5.78 Å². The molecular formula is C35H27BrF3N3O3. The molecule has 0 saturated carbocycles. The van der Waals surface area contributed by atoms with Crippen molar-refractivity contribution in [2.24, 2.45) is 5.41 Å². The van der Waals surface area contributed by atoms with Crippen molar-refractivity contribution in [1.29, 1.82) is 0 Å². The molecule has 4 aromatic rings. The summed E-state index contributed by atoms with van der Waals surface area (Å²) in [7, 11) is 0. The minimum atomic E-state index is -4.88. The van der Waals surface area contributed by atoms with Crippen molar-refractivity contribution in [3.05, 3.63) is 136 Å². The summed E-state index contributed by atoms with van der Waals surface area (Å²) in [6, 6.07) is 28.8. The van der Waals surface area contributed by atoms with Crippen LogP contribution in [0.1, 0.15) is 28.2 Å². The number of Topliss-reactive ketones (excluding diaryl/α,β-unsaturated/α-hetero) is 1. The number of carbonyl (C=O) groups excluding carboxylic acids is 3. The molecule has 7 rings (SSSR count). The van der Waals surface area contributed by atoms with Crippen molar-refractivity contribution in [1.82, 2.24) is 10.2 Å². The Kier molecular flexibility index (Phi) is 6.98. The maximum Gasteiger partial charge on any atom is 0.404 e. The monoisotopic (exact) mass is 673 g/mol. The highest BCUT2D eigenvalue weighted by Gasteiger charge is 2.81. The Morgan fingerprint density at radius 1 is 0.778 bits per heavy atom. The molecule has 3 heterocycles. The molecule has 45 heavy (non-hydrogen) atoms. The molecule has 2 fully saturated rings. The smallest absolute Gasteiger partial charge is 0.331 e. The fraction of sp³-hybridized carbons (Fsp3) is 0.229. The van der Waals surface area contributed by atoms with Gasteiger partial charge in [0.15, 0.2) is 0 Å². The predicted molar refractivity (Wildman–Crippen MR) is 165 cm³/mol. The van der Waals surface area contributed by atoms with E-state index in [1.54, 1.807) is 66.7 Å². The summed E-state index contributed by atoms with van der Waals surface area (Å²) >= 11 is 3.43. The van der Waals surface area contributed by atoms with Crippen LogP contribution in [0.25, 0.3) is 0 Å². The Balaban J connectivity index is 1.49. The summed E-state index contributed by atoms with van der Waals surface area (Å²) < 4.78 is 46.3. The molecule has 0 aliphatic carbocycles. The van der Waals surface area contributed by atoms with Crippen LogP contribution in [0.3, 0.4) is 0 Å². The molecule has 2 amide bonds. The van der Waals surface area contributed by atoms with E-state index in [1.807, 2.05) is 36.4 Å². The molecule has 6 nitrogen and oxygen atoms in total. The van der Waals surface area contributed by atoms with Crippen LogP contribution in [0.4, 0.5) is 18.9 Å². The number of carbonyl (C=O) groups is 3. The Morgan fingerprint density at radius 2 is 1.36 bits per heavy atom. The van der Waals surface area contributed by atoms with Crippen LogP contribution >= 0.6 is 15.9 Å². The zero-order chi connectivity index (χ0) is 31.6. The maximum absolute atomic E-state index is 15.3. The van der Waals surface area contributed by atoms with E-state index in [-0.39, 0.29) is 30.8 Å². The summed E-state index contributed by atoms with van der Waals surface area (Å²) in [6.07, 6.45) is -4.88. The van der Waals surface area contributed by atoms with Gasteiger partial charge in [0.05, 0.1) is 12.0 Å². The van der Waals surface area contributed by atoms with Crippen molar-refractivity contribution in [2.45, 2.75) is 36.8 Å². The topological polar surface area (TPSA) is 69.7 Å². The first-order chi connectivity index (χ1) is 21.6. The third kappa shape index (κ3) is 4.29. The van der Waals surface area contributed by atoms with Crippen molar-refractivity contribution < 1.29 is 27.6 Å². The number of anilines is 1. The second-order valence-electron chi connectivity index (χ2n) is 11.8. The molecular weight excluding hydrogens is 647 g/mol. The highest BCUT2D eigenvalue weighted by atomic mass is 79.9. The number of halogens is 4. The van der Waals surface area contributed by atoms with Crippen molar-refractivity contribution in [2.75, 3.05) is 11.4 Å². The number of hydrogen-bond acceptors (Lipinski definition) is 4. The van der Waals surface area contributed by atoms with E-state index < -0.39 is 46.7 Å². The summed E-state index contributed by atoms with van der Waals surface area (Å²) in [4.78, 5) is 46.4. The van der Waals surface area contributed by atoms with Crippen molar-refractivity contribution in [3.63, 3.8) is 0 Å². The molecule has 0 bridgehead atoms. The molecule has 0 unspecified atom stereocenters. The fourth-order valence-corrected chi connectivity index (χ4v) is 8.12. The molecule has 228 valence electrons. The average molecular weight is 675 g/mol. The minimum absolute atomic E-state index is 0.00613. The number of likely N-dealkylation sites (tertiary alicyclic amines) is 1. The van der Waals surface area contributed by atoms with Crippen LogP contribution in [0.2, 0.25) is 0 Å². The van der Waals surface area contributed by atoms with Crippen LogP contribution in [-0.4, -0.2) is 41.3 Å². The highest BCUT2D eigenvalue weighted by Crippen LogP contribution is 2.66. The average Bonchev–Trinajstić information content (AvgIpc) is 3.57. The molecule has 0 aromatic heterocycles. The number of nitrogens with one attached hydrogen (secondary N) is 1. The number of hydrogen-bond donors (Lipinski definition) is 1. The lowest BCUT2D eigenvalue weighted by Crippen LogP contribution is -2.61. The van der Waals surface area contributed by atoms with E-state index in [1.165, 1.54) is 15.9 Å². The van der Waals surface area contributed by atoms with Crippen LogP contribution in [-0.2, 0) is 33.0 Å². The van der Waals surface area contributed by atoms with E-state index in [4.69, 9.17) is 0 Å².